The van der Waals surface area contributed by atoms with Crippen LogP contribution in [0.1, 0.15) is 40.6 Å². The lowest BCUT2D eigenvalue weighted by atomic mass is 9.99. The highest BCUT2D eigenvalue weighted by Gasteiger charge is 2.22. The Hall–Kier alpha value is -2.31. The molecule has 1 saturated heterocycles. The second-order valence-corrected chi connectivity index (χ2v) is 7.08. The molecule has 1 aromatic carbocycles. The summed E-state index contributed by atoms with van der Waals surface area (Å²) in [7, 11) is 1.81. The van der Waals surface area contributed by atoms with Crippen molar-refractivity contribution in [2.24, 2.45) is 7.05 Å². The van der Waals surface area contributed by atoms with E-state index in [-0.39, 0.29) is 17.6 Å². The van der Waals surface area contributed by atoms with E-state index in [4.69, 9.17) is 20.8 Å². The van der Waals surface area contributed by atoms with Crippen molar-refractivity contribution in [1.82, 2.24) is 9.78 Å². The SMILES string of the molecule is Cc1c(C(=O)Nc2cc([C@H]3CCCOC3)nn2C)oc2ccc(Cl)cc12. The van der Waals surface area contributed by atoms with Gasteiger partial charge < -0.3 is 14.5 Å². The van der Waals surface area contributed by atoms with Crippen molar-refractivity contribution in [1.29, 1.82) is 0 Å². The van der Waals surface area contributed by atoms with E-state index in [9.17, 15) is 4.79 Å². The van der Waals surface area contributed by atoms with E-state index in [0.29, 0.717) is 23.0 Å². The maximum absolute atomic E-state index is 12.7. The van der Waals surface area contributed by atoms with Gasteiger partial charge in [-0.25, -0.2) is 0 Å². The van der Waals surface area contributed by atoms with Crippen LogP contribution in [0.5, 0.6) is 0 Å². The zero-order valence-corrected chi connectivity index (χ0v) is 15.5. The van der Waals surface area contributed by atoms with Gasteiger partial charge in [-0.05, 0) is 38.0 Å². The number of hydrogen-bond donors (Lipinski definition) is 1. The molecule has 0 bridgehead atoms. The predicted octanol–water partition coefficient (Wildman–Crippen LogP) is 4.27. The third-order valence-corrected chi connectivity index (χ3v) is 5.06. The summed E-state index contributed by atoms with van der Waals surface area (Å²) in [5, 5.41) is 8.88. The van der Waals surface area contributed by atoms with E-state index in [2.05, 4.69) is 10.4 Å². The van der Waals surface area contributed by atoms with Crippen LogP contribution in [-0.4, -0.2) is 28.9 Å². The number of anilines is 1. The molecule has 0 aliphatic carbocycles. The third-order valence-electron chi connectivity index (χ3n) is 4.82. The molecule has 1 fully saturated rings. The summed E-state index contributed by atoms with van der Waals surface area (Å²) in [6.07, 6.45) is 2.08. The second-order valence-electron chi connectivity index (χ2n) is 6.64. The number of fused-ring (bicyclic) bond motifs is 1. The first-order chi connectivity index (χ1) is 12.5. The minimum absolute atomic E-state index is 0.274. The van der Waals surface area contributed by atoms with Gasteiger partial charge in [0.2, 0.25) is 0 Å². The van der Waals surface area contributed by atoms with Crippen molar-refractivity contribution >= 4 is 34.3 Å². The van der Waals surface area contributed by atoms with E-state index < -0.39 is 0 Å². The molecule has 7 heteroatoms. The van der Waals surface area contributed by atoms with Gasteiger partial charge in [-0.3, -0.25) is 9.48 Å². The lowest BCUT2D eigenvalue weighted by molar-refractivity contribution is 0.0791. The van der Waals surface area contributed by atoms with Crippen LogP contribution in [0.4, 0.5) is 5.82 Å². The molecule has 0 unspecified atom stereocenters. The number of rotatable bonds is 3. The number of amides is 1. The highest BCUT2D eigenvalue weighted by molar-refractivity contribution is 6.31. The quantitative estimate of drug-likeness (QED) is 0.744. The number of nitrogens with zero attached hydrogens (tertiary/aromatic N) is 2. The van der Waals surface area contributed by atoms with Crippen molar-refractivity contribution in [2.45, 2.75) is 25.7 Å². The van der Waals surface area contributed by atoms with Crippen LogP contribution in [0.25, 0.3) is 11.0 Å². The summed E-state index contributed by atoms with van der Waals surface area (Å²) < 4.78 is 12.9. The molecule has 26 heavy (non-hydrogen) atoms. The largest absolute Gasteiger partial charge is 0.451 e. The second kappa shape index (κ2) is 6.78. The van der Waals surface area contributed by atoms with E-state index in [1.54, 1.807) is 22.9 Å². The molecule has 0 spiro atoms. The molecule has 1 aliphatic heterocycles. The minimum Gasteiger partial charge on any atom is -0.451 e. The number of carbonyl (C=O) groups is 1. The smallest absolute Gasteiger partial charge is 0.292 e. The highest BCUT2D eigenvalue weighted by atomic mass is 35.5. The molecule has 1 atom stereocenters. The molecule has 0 radical (unpaired) electrons. The fourth-order valence-corrected chi connectivity index (χ4v) is 3.53. The van der Waals surface area contributed by atoms with Crippen molar-refractivity contribution in [3.8, 4) is 0 Å². The number of hydrogen-bond acceptors (Lipinski definition) is 4. The average Bonchev–Trinajstić information content (AvgIpc) is 3.16. The standard InChI is InChI=1S/C19H20ClN3O3/c1-11-14-8-13(20)5-6-16(14)26-18(11)19(24)21-17-9-15(22-23(17)2)12-4-3-7-25-10-12/h5-6,8-9,12H,3-4,7,10H2,1-2H3,(H,21,24)/t12-/m0/s1. The molecule has 1 aliphatic rings. The highest BCUT2D eigenvalue weighted by Crippen LogP contribution is 2.29. The van der Waals surface area contributed by atoms with Gasteiger partial charge in [-0.15, -0.1) is 0 Å². The summed E-state index contributed by atoms with van der Waals surface area (Å²) >= 11 is 6.04. The van der Waals surface area contributed by atoms with Crippen LogP contribution in [0.2, 0.25) is 5.02 Å². The van der Waals surface area contributed by atoms with E-state index in [1.165, 1.54) is 0 Å². The van der Waals surface area contributed by atoms with Crippen LogP contribution >= 0.6 is 11.6 Å². The fourth-order valence-electron chi connectivity index (χ4n) is 3.36. The number of aryl methyl sites for hydroxylation is 2. The summed E-state index contributed by atoms with van der Waals surface area (Å²) in [5.41, 5.74) is 2.35. The molecule has 4 rings (SSSR count). The van der Waals surface area contributed by atoms with Crippen LogP contribution in [0, 0.1) is 6.92 Å². The lowest BCUT2D eigenvalue weighted by Gasteiger charge is -2.19. The number of ether oxygens (including phenoxy) is 1. The van der Waals surface area contributed by atoms with Crippen LogP contribution in [0.15, 0.2) is 28.7 Å². The number of halogens is 1. The summed E-state index contributed by atoms with van der Waals surface area (Å²) in [4.78, 5) is 12.7. The summed E-state index contributed by atoms with van der Waals surface area (Å²) in [6, 6.07) is 7.23. The van der Waals surface area contributed by atoms with Gasteiger partial charge >= 0.3 is 0 Å². The first kappa shape index (κ1) is 17.1. The topological polar surface area (TPSA) is 69.3 Å². The zero-order valence-electron chi connectivity index (χ0n) is 14.7. The van der Waals surface area contributed by atoms with Crippen LogP contribution in [-0.2, 0) is 11.8 Å². The fraction of sp³-hybridized carbons (Fsp3) is 0.368. The molecule has 0 saturated carbocycles. The molecular weight excluding hydrogens is 354 g/mol. The minimum atomic E-state index is -0.302. The number of furan rings is 1. The molecule has 1 N–H and O–H groups in total. The Labute approximate surface area is 156 Å². The zero-order chi connectivity index (χ0) is 18.3. The Morgan fingerprint density at radius 2 is 2.23 bits per heavy atom. The van der Waals surface area contributed by atoms with Gasteiger partial charge in [0.25, 0.3) is 5.91 Å². The Morgan fingerprint density at radius 1 is 1.38 bits per heavy atom. The lowest BCUT2D eigenvalue weighted by Crippen LogP contribution is -2.16. The van der Waals surface area contributed by atoms with E-state index in [1.807, 2.05) is 20.0 Å². The number of benzene rings is 1. The Bertz CT molecular complexity index is 970. The Kier molecular flexibility index (Phi) is 4.46. The molecule has 3 aromatic rings. The van der Waals surface area contributed by atoms with Gasteiger partial charge in [0.1, 0.15) is 11.4 Å². The summed E-state index contributed by atoms with van der Waals surface area (Å²) in [6.45, 7) is 3.33. The first-order valence-corrected chi connectivity index (χ1v) is 9.02. The Morgan fingerprint density at radius 3 is 3.00 bits per heavy atom. The van der Waals surface area contributed by atoms with Gasteiger partial charge in [0, 0.05) is 41.6 Å². The van der Waals surface area contributed by atoms with E-state index in [0.717, 1.165) is 36.1 Å². The van der Waals surface area contributed by atoms with Crippen LogP contribution < -0.4 is 5.32 Å². The van der Waals surface area contributed by atoms with Gasteiger partial charge in [0.15, 0.2) is 5.76 Å². The maximum Gasteiger partial charge on any atom is 0.292 e. The normalized spacial score (nSPS) is 17.6. The third kappa shape index (κ3) is 3.10. The van der Waals surface area contributed by atoms with E-state index >= 15 is 0 Å². The summed E-state index contributed by atoms with van der Waals surface area (Å²) in [5.74, 6) is 0.888. The van der Waals surface area contributed by atoms with Crippen molar-refractivity contribution in [3.05, 3.63) is 46.3 Å². The molecular formula is C19H20ClN3O3. The van der Waals surface area contributed by atoms with Crippen molar-refractivity contribution in [2.75, 3.05) is 18.5 Å². The van der Waals surface area contributed by atoms with Gasteiger partial charge in [0.05, 0.1) is 12.3 Å². The molecule has 3 heterocycles. The predicted molar refractivity (Wildman–Crippen MR) is 99.9 cm³/mol. The molecule has 2 aromatic heterocycles. The maximum atomic E-state index is 12.7. The number of aromatic nitrogens is 2. The molecule has 6 nitrogen and oxygen atoms in total. The van der Waals surface area contributed by atoms with Gasteiger partial charge in [-0.1, -0.05) is 11.6 Å². The first-order valence-electron chi connectivity index (χ1n) is 8.64. The number of carbonyl (C=O) groups excluding carboxylic acids is 1. The Balaban J connectivity index is 1.58. The van der Waals surface area contributed by atoms with Crippen molar-refractivity contribution in [3.63, 3.8) is 0 Å². The monoisotopic (exact) mass is 373 g/mol. The van der Waals surface area contributed by atoms with Crippen LogP contribution in [0.3, 0.4) is 0 Å². The van der Waals surface area contributed by atoms with Gasteiger partial charge in [-0.2, -0.15) is 5.10 Å². The molecule has 136 valence electrons. The number of nitrogens with one attached hydrogen (secondary N) is 1. The molecule has 1 amide bonds. The average molecular weight is 374 g/mol. The van der Waals surface area contributed by atoms with Crippen molar-refractivity contribution < 1.29 is 13.9 Å².